The Hall–Kier alpha value is -0.610. The van der Waals surface area contributed by atoms with Crippen LogP contribution in [-0.2, 0) is 4.79 Å². The highest BCUT2D eigenvalue weighted by Gasteiger charge is 2.21. The van der Waals surface area contributed by atoms with Crippen LogP contribution in [0.2, 0.25) is 0 Å². The molecule has 0 aromatic rings. The minimum atomic E-state index is 0.231. The van der Waals surface area contributed by atoms with Gasteiger partial charge in [-0.15, -0.1) is 0 Å². The van der Waals surface area contributed by atoms with Gasteiger partial charge in [0.2, 0.25) is 5.91 Å². The summed E-state index contributed by atoms with van der Waals surface area (Å²) in [6, 6.07) is 0.432. The number of nitrogens with zero attached hydrogens (tertiary/aromatic N) is 2. The summed E-state index contributed by atoms with van der Waals surface area (Å²) < 4.78 is 0. The van der Waals surface area contributed by atoms with Gasteiger partial charge in [0.25, 0.3) is 0 Å². The Morgan fingerprint density at radius 1 is 1.44 bits per heavy atom. The molecule has 0 aromatic carbocycles. The average molecular weight is 255 g/mol. The van der Waals surface area contributed by atoms with Crippen molar-refractivity contribution < 1.29 is 4.79 Å². The molecule has 0 radical (unpaired) electrons. The van der Waals surface area contributed by atoms with Gasteiger partial charge < -0.3 is 10.2 Å². The molecule has 0 saturated carbocycles. The normalized spacial score (nSPS) is 20.4. The lowest BCUT2D eigenvalue weighted by Crippen LogP contribution is -2.46. The maximum Gasteiger partial charge on any atom is 0.236 e. The number of hydrogen-bond donors (Lipinski definition) is 1. The van der Waals surface area contributed by atoms with Crippen LogP contribution in [0.1, 0.15) is 33.6 Å². The monoisotopic (exact) mass is 255 g/mol. The molecule has 0 aliphatic carbocycles. The molecule has 4 heteroatoms. The van der Waals surface area contributed by atoms with Gasteiger partial charge in [-0.3, -0.25) is 9.69 Å². The number of hydrogen-bond acceptors (Lipinski definition) is 3. The maximum atomic E-state index is 12.0. The van der Waals surface area contributed by atoms with Crippen molar-refractivity contribution in [3.8, 4) is 0 Å². The van der Waals surface area contributed by atoms with Gasteiger partial charge >= 0.3 is 0 Å². The van der Waals surface area contributed by atoms with Crippen molar-refractivity contribution in [1.29, 1.82) is 0 Å². The second-order valence-electron chi connectivity index (χ2n) is 5.64. The molecule has 1 heterocycles. The highest BCUT2D eigenvalue weighted by atomic mass is 16.2. The van der Waals surface area contributed by atoms with Crippen molar-refractivity contribution in [2.75, 3.05) is 39.8 Å². The summed E-state index contributed by atoms with van der Waals surface area (Å²) in [4.78, 5) is 16.1. The Kier molecular flexibility index (Phi) is 6.65. The molecule has 0 aromatic heterocycles. The summed E-state index contributed by atoms with van der Waals surface area (Å²) in [5, 5.41) is 3.44. The third-order valence-electron chi connectivity index (χ3n) is 3.86. The molecule has 1 N–H and O–H groups in total. The van der Waals surface area contributed by atoms with Gasteiger partial charge in [0.05, 0.1) is 6.54 Å². The second kappa shape index (κ2) is 7.74. The third-order valence-corrected chi connectivity index (χ3v) is 3.86. The van der Waals surface area contributed by atoms with Crippen molar-refractivity contribution in [2.45, 2.75) is 39.7 Å². The van der Waals surface area contributed by atoms with E-state index in [0.29, 0.717) is 18.5 Å². The number of carbonyl (C=O) groups is 1. The Morgan fingerprint density at radius 2 is 2.17 bits per heavy atom. The number of rotatable bonds is 6. The lowest BCUT2D eigenvalue weighted by atomic mass is 9.98. The minimum absolute atomic E-state index is 0.231. The molecule has 0 bridgehead atoms. The Bertz CT molecular complexity index is 249. The van der Waals surface area contributed by atoms with Crippen molar-refractivity contribution in [1.82, 2.24) is 15.1 Å². The van der Waals surface area contributed by atoms with Crippen LogP contribution in [-0.4, -0.2) is 61.5 Å². The van der Waals surface area contributed by atoms with E-state index < -0.39 is 0 Å². The van der Waals surface area contributed by atoms with Gasteiger partial charge in [-0.05, 0) is 52.6 Å². The predicted octanol–water partition coefficient (Wildman–Crippen LogP) is 1.17. The fourth-order valence-electron chi connectivity index (χ4n) is 2.34. The molecule has 1 aliphatic heterocycles. The molecular formula is C14H29N3O. The largest absolute Gasteiger partial charge is 0.345 e. The molecule has 18 heavy (non-hydrogen) atoms. The Labute approximate surface area is 112 Å². The minimum Gasteiger partial charge on any atom is -0.345 e. The molecule has 0 spiro atoms. The average Bonchev–Trinajstić information content (AvgIpc) is 2.37. The summed E-state index contributed by atoms with van der Waals surface area (Å²) in [7, 11) is 1.88. The van der Waals surface area contributed by atoms with Crippen molar-refractivity contribution in [3.63, 3.8) is 0 Å². The summed E-state index contributed by atoms with van der Waals surface area (Å²) >= 11 is 0. The molecule has 1 unspecified atom stereocenters. The molecule has 4 nitrogen and oxygen atoms in total. The highest BCUT2D eigenvalue weighted by Crippen LogP contribution is 2.13. The van der Waals surface area contributed by atoms with Crippen LogP contribution in [0.3, 0.4) is 0 Å². The molecule has 1 fully saturated rings. The zero-order valence-corrected chi connectivity index (χ0v) is 12.4. The number of likely N-dealkylation sites (N-methyl/N-ethyl adjacent to an activating group) is 1. The van der Waals surface area contributed by atoms with Crippen molar-refractivity contribution in [3.05, 3.63) is 0 Å². The highest BCUT2D eigenvalue weighted by molar-refractivity contribution is 5.77. The summed E-state index contributed by atoms with van der Waals surface area (Å²) in [6.07, 6.45) is 2.55. The molecular weight excluding hydrogens is 226 g/mol. The van der Waals surface area contributed by atoms with Crippen LogP contribution in [0.25, 0.3) is 0 Å². The van der Waals surface area contributed by atoms with Crippen LogP contribution >= 0.6 is 0 Å². The van der Waals surface area contributed by atoms with Gasteiger partial charge in [-0.2, -0.15) is 0 Å². The third kappa shape index (κ3) is 4.94. The topological polar surface area (TPSA) is 35.6 Å². The number of amides is 1. The van der Waals surface area contributed by atoms with E-state index in [2.05, 4.69) is 24.1 Å². The first-order valence-corrected chi connectivity index (χ1v) is 7.23. The SMILES string of the molecule is CCN(C)C(=O)CN(CC1CCCNC1)C(C)C. The summed E-state index contributed by atoms with van der Waals surface area (Å²) in [5.74, 6) is 0.927. The van der Waals surface area contributed by atoms with E-state index in [1.165, 1.54) is 12.8 Å². The van der Waals surface area contributed by atoms with Crippen LogP contribution in [0.5, 0.6) is 0 Å². The quantitative estimate of drug-likeness (QED) is 0.774. The van der Waals surface area contributed by atoms with Gasteiger partial charge in [0.15, 0.2) is 0 Å². The van der Waals surface area contributed by atoms with E-state index in [4.69, 9.17) is 0 Å². The fraction of sp³-hybridized carbons (Fsp3) is 0.929. The van der Waals surface area contributed by atoms with E-state index in [9.17, 15) is 4.79 Å². The van der Waals surface area contributed by atoms with Crippen LogP contribution in [0.4, 0.5) is 0 Å². The van der Waals surface area contributed by atoms with Crippen LogP contribution in [0.15, 0.2) is 0 Å². The number of piperidine rings is 1. The van der Waals surface area contributed by atoms with E-state index in [1.54, 1.807) is 4.90 Å². The van der Waals surface area contributed by atoms with Crippen molar-refractivity contribution >= 4 is 5.91 Å². The first-order chi connectivity index (χ1) is 8.54. The first kappa shape index (κ1) is 15.4. The smallest absolute Gasteiger partial charge is 0.236 e. The Morgan fingerprint density at radius 3 is 2.67 bits per heavy atom. The van der Waals surface area contributed by atoms with E-state index in [-0.39, 0.29) is 5.91 Å². The summed E-state index contributed by atoms with van der Waals surface area (Å²) in [6.45, 7) is 11.0. The Balaban J connectivity index is 2.46. The van der Waals surface area contributed by atoms with Gasteiger partial charge in [0, 0.05) is 26.2 Å². The van der Waals surface area contributed by atoms with Crippen molar-refractivity contribution in [2.24, 2.45) is 5.92 Å². The van der Waals surface area contributed by atoms with Gasteiger partial charge in [-0.25, -0.2) is 0 Å². The van der Waals surface area contributed by atoms with Gasteiger partial charge in [0.1, 0.15) is 0 Å². The van der Waals surface area contributed by atoms with Crippen LogP contribution < -0.4 is 5.32 Å². The molecule has 1 rings (SSSR count). The lowest BCUT2D eigenvalue weighted by molar-refractivity contribution is -0.131. The van der Waals surface area contributed by atoms with E-state index in [0.717, 1.165) is 26.2 Å². The lowest BCUT2D eigenvalue weighted by Gasteiger charge is -2.33. The van der Waals surface area contributed by atoms with Crippen LogP contribution in [0, 0.1) is 5.92 Å². The maximum absolute atomic E-state index is 12.0. The molecule has 1 atom stereocenters. The molecule has 106 valence electrons. The fourth-order valence-corrected chi connectivity index (χ4v) is 2.34. The standard InChI is InChI=1S/C14H29N3O/c1-5-16(4)14(18)11-17(12(2)3)10-13-7-6-8-15-9-13/h12-13,15H,5-11H2,1-4H3. The molecule has 1 saturated heterocycles. The number of carbonyl (C=O) groups excluding carboxylic acids is 1. The van der Waals surface area contributed by atoms with E-state index in [1.807, 2.05) is 14.0 Å². The number of nitrogens with one attached hydrogen (secondary N) is 1. The second-order valence-corrected chi connectivity index (χ2v) is 5.64. The first-order valence-electron chi connectivity index (χ1n) is 7.23. The van der Waals surface area contributed by atoms with Gasteiger partial charge in [-0.1, -0.05) is 0 Å². The zero-order chi connectivity index (χ0) is 13.5. The molecule has 1 aliphatic rings. The van der Waals surface area contributed by atoms with E-state index >= 15 is 0 Å². The molecule has 1 amide bonds. The predicted molar refractivity (Wildman–Crippen MR) is 75.6 cm³/mol. The summed E-state index contributed by atoms with van der Waals surface area (Å²) in [5.41, 5.74) is 0. The zero-order valence-electron chi connectivity index (χ0n) is 12.4.